The molecule has 1 aliphatic heterocycles. The zero-order chi connectivity index (χ0) is 14.7. The molecular weight excluding hydrogens is 252 g/mol. The van der Waals surface area contributed by atoms with E-state index in [9.17, 15) is 4.79 Å². The average molecular weight is 282 g/mol. The van der Waals surface area contributed by atoms with Gasteiger partial charge in [-0.2, -0.15) is 0 Å². The molecule has 2 rings (SSSR count). The Hall–Kier alpha value is -0.610. The molecule has 1 heterocycles. The summed E-state index contributed by atoms with van der Waals surface area (Å²) < 4.78 is 5.85. The van der Waals surface area contributed by atoms with Gasteiger partial charge in [-0.3, -0.25) is 4.79 Å². The Morgan fingerprint density at radius 1 is 1.20 bits per heavy atom. The summed E-state index contributed by atoms with van der Waals surface area (Å²) in [6, 6.07) is 0.435. The van der Waals surface area contributed by atoms with Crippen molar-refractivity contribution in [3.05, 3.63) is 0 Å². The predicted octanol–water partition coefficient (Wildman–Crippen LogP) is 2.17. The van der Waals surface area contributed by atoms with Crippen molar-refractivity contribution >= 4 is 5.91 Å². The third-order valence-electron chi connectivity index (χ3n) is 5.18. The molecule has 20 heavy (non-hydrogen) atoms. The Morgan fingerprint density at radius 3 is 2.35 bits per heavy atom. The van der Waals surface area contributed by atoms with Crippen LogP contribution in [0.1, 0.15) is 52.9 Å². The van der Waals surface area contributed by atoms with Crippen LogP contribution in [0.4, 0.5) is 0 Å². The Morgan fingerprint density at radius 2 is 1.85 bits per heavy atom. The maximum atomic E-state index is 13.0. The molecule has 0 aromatic carbocycles. The van der Waals surface area contributed by atoms with E-state index in [1.165, 1.54) is 12.8 Å². The van der Waals surface area contributed by atoms with Gasteiger partial charge in [-0.1, -0.05) is 19.8 Å². The number of hydrogen-bond donors (Lipinski definition) is 1. The molecule has 0 aromatic rings. The van der Waals surface area contributed by atoms with E-state index in [2.05, 4.69) is 18.7 Å². The summed E-state index contributed by atoms with van der Waals surface area (Å²) in [5, 5.41) is 0. The average Bonchev–Trinajstić information content (AvgIpc) is 3.00. The summed E-state index contributed by atoms with van der Waals surface area (Å²) in [5.41, 5.74) is 5.64. The highest BCUT2D eigenvalue weighted by Gasteiger charge is 2.44. The fraction of sp³-hybridized carbons (Fsp3) is 0.938. The summed E-state index contributed by atoms with van der Waals surface area (Å²) in [6.45, 7) is 7.72. The van der Waals surface area contributed by atoms with Crippen molar-refractivity contribution in [2.45, 2.75) is 71.1 Å². The van der Waals surface area contributed by atoms with Crippen molar-refractivity contribution in [1.29, 1.82) is 0 Å². The lowest BCUT2D eigenvalue weighted by Gasteiger charge is -2.33. The highest BCUT2D eigenvalue weighted by Crippen LogP contribution is 2.35. The van der Waals surface area contributed by atoms with E-state index in [0.29, 0.717) is 24.4 Å². The van der Waals surface area contributed by atoms with E-state index in [1.807, 2.05) is 6.92 Å². The highest BCUT2D eigenvalue weighted by molar-refractivity contribution is 5.80. The van der Waals surface area contributed by atoms with Gasteiger partial charge in [0.1, 0.15) is 0 Å². The maximum Gasteiger partial charge on any atom is 0.228 e. The zero-order valence-corrected chi connectivity index (χ0v) is 13.2. The molecule has 1 saturated carbocycles. The number of nitrogens with zero attached hydrogens (tertiary/aromatic N) is 1. The second-order valence-corrected chi connectivity index (χ2v) is 6.54. The molecule has 4 heteroatoms. The van der Waals surface area contributed by atoms with Gasteiger partial charge in [0.15, 0.2) is 0 Å². The van der Waals surface area contributed by atoms with Crippen LogP contribution in [0, 0.1) is 11.8 Å². The number of carbonyl (C=O) groups excluding carboxylic acids is 1. The Balaban J connectivity index is 2.08. The molecule has 1 saturated heterocycles. The van der Waals surface area contributed by atoms with Crippen LogP contribution in [0.15, 0.2) is 0 Å². The maximum absolute atomic E-state index is 13.0. The van der Waals surface area contributed by atoms with Crippen molar-refractivity contribution < 1.29 is 9.53 Å². The molecule has 0 spiro atoms. The third kappa shape index (κ3) is 3.17. The first-order chi connectivity index (χ1) is 9.56. The van der Waals surface area contributed by atoms with Gasteiger partial charge in [0, 0.05) is 12.6 Å². The number of carbonyl (C=O) groups is 1. The zero-order valence-electron chi connectivity index (χ0n) is 13.2. The first kappa shape index (κ1) is 15.8. The monoisotopic (exact) mass is 282 g/mol. The van der Waals surface area contributed by atoms with Crippen molar-refractivity contribution in [3.8, 4) is 0 Å². The second kappa shape index (κ2) is 6.90. The van der Waals surface area contributed by atoms with Crippen LogP contribution in [-0.2, 0) is 9.53 Å². The number of ether oxygens (including phenoxy) is 1. The SMILES string of the molecule is CC1OC(C)C(C(=O)N(CCCN)C2CCCC2)C1C. The fourth-order valence-electron chi connectivity index (χ4n) is 3.83. The van der Waals surface area contributed by atoms with Crippen LogP contribution < -0.4 is 5.73 Å². The Labute approximate surface area is 123 Å². The minimum absolute atomic E-state index is 0.0170. The molecule has 0 aromatic heterocycles. The van der Waals surface area contributed by atoms with Gasteiger partial charge >= 0.3 is 0 Å². The summed E-state index contributed by atoms with van der Waals surface area (Å²) in [5.74, 6) is 0.623. The van der Waals surface area contributed by atoms with Crippen LogP contribution in [-0.4, -0.2) is 42.1 Å². The van der Waals surface area contributed by atoms with E-state index < -0.39 is 0 Å². The first-order valence-corrected chi connectivity index (χ1v) is 8.22. The molecule has 116 valence electrons. The van der Waals surface area contributed by atoms with Crippen LogP contribution in [0.5, 0.6) is 0 Å². The Bertz CT molecular complexity index is 328. The molecule has 1 amide bonds. The van der Waals surface area contributed by atoms with E-state index >= 15 is 0 Å². The summed E-state index contributed by atoms with van der Waals surface area (Å²) in [7, 11) is 0. The number of rotatable bonds is 5. The van der Waals surface area contributed by atoms with Crippen LogP contribution in [0.3, 0.4) is 0 Å². The summed E-state index contributed by atoms with van der Waals surface area (Å²) in [4.78, 5) is 15.1. The molecule has 2 fully saturated rings. The summed E-state index contributed by atoms with van der Waals surface area (Å²) >= 11 is 0. The lowest BCUT2D eigenvalue weighted by Crippen LogP contribution is -2.46. The van der Waals surface area contributed by atoms with Crippen LogP contribution in [0.25, 0.3) is 0 Å². The normalized spacial score (nSPS) is 34.6. The lowest BCUT2D eigenvalue weighted by molar-refractivity contribution is -0.140. The topological polar surface area (TPSA) is 55.6 Å². The highest BCUT2D eigenvalue weighted by atomic mass is 16.5. The van der Waals surface area contributed by atoms with Gasteiger partial charge in [0.2, 0.25) is 5.91 Å². The molecular formula is C16H30N2O2. The van der Waals surface area contributed by atoms with Crippen LogP contribution >= 0.6 is 0 Å². The van der Waals surface area contributed by atoms with E-state index in [0.717, 1.165) is 25.8 Å². The minimum Gasteiger partial charge on any atom is -0.374 e. The number of hydrogen-bond acceptors (Lipinski definition) is 3. The molecule has 0 bridgehead atoms. The van der Waals surface area contributed by atoms with Crippen molar-refractivity contribution in [2.75, 3.05) is 13.1 Å². The number of nitrogens with two attached hydrogens (primary N) is 1. The largest absolute Gasteiger partial charge is 0.374 e. The van der Waals surface area contributed by atoms with Gasteiger partial charge < -0.3 is 15.4 Å². The first-order valence-electron chi connectivity index (χ1n) is 8.22. The fourth-order valence-corrected chi connectivity index (χ4v) is 3.83. The van der Waals surface area contributed by atoms with E-state index in [-0.39, 0.29) is 18.1 Å². The molecule has 2 N–H and O–H groups in total. The van der Waals surface area contributed by atoms with Gasteiger partial charge in [0.25, 0.3) is 0 Å². The second-order valence-electron chi connectivity index (χ2n) is 6.54. The molecule has 1 aliphatic carbocycles. The summed E-state index contributed by atoms with van der Waals surface area (Å²) in [6.07, 6.45) is 5.92. The van der Waals surface area contributed by atoms with Gasteiger partial charge in [-0.05, 0) is 45.6 Å². The molecule has 0 radical (unpaired) electrons. The van der Waals surface area contributed by atoms with Gasteiger partial charge in [-0.25, -0.2) is 0 Å². The number of amides is 1. The van der Waals surface area contributed by atoms with E-state index in [1.54, 1.807) is 0 Å². The lowest BCUT2D eigenvalue weighted by atomic mass is 9.87. The quantitative estimate of drug-likeness (QED) is 0.841. The smallest absolute Gasteiger partial charge is 0.228 e. The third-order valence-corrected chi connectivity index (χ3v) is 5.18. The van der Waals surface area contributed by atoms with Crippen molar-refractivity contribution in [2.24, 2.45) is 17.6 Å². The van der Waals surface area contributed by atoms with Crippen LogP contribution in [0.2, 0.25) is 0 Å². The van der Waals surface area contributed by atoms with Crippen molar-refractivity contribution in [1.82, 2.24) is 4.90 Å². The molecule has 4 unspecified atom stereocenters. The predicted molar refractivity (Wildman–Crippen MR) is 80.3 cm³/mol. The van der Waals surface area contributed by atoms with Crippen molar-refractivity contribution in [3.63, 3.8) is 0 Å². The standard InChI is InChI=1S/C16H30N2O2/c1-11-12(2)20-13(3)15(11)16(19)18(10-6-9-17)14-7-4-5-8-14/h11-15H,4-10,17H2,1-3H3. The molecule has 4 atom stereocenters. The van der Waals surface area contributed by atoms with Gasteiger partial charge in [0.05, 0.1) is 18.1 Å². The van der Waals surface area contributed by atoms with E-state index in [4.69, 9.17) is 10.5 Å². The molecule has 2 aliphatic rings. The molecule has 4 nitrogen and oxygen atoms in total. The Kier molecular flexibility index (Phi) is 5.44. The minimum atomic E-state index is 0.0170. The van der Waals surface area contributed by atoms with Gasteiger partial charge in [-0.15, -0.1) is 0 Å².